The number of halogens is 2. The average molecular weight is 373 g/mol. The van der Waals surface area contributed by atoms with Crippen molar-refractivity contribution in [1.82, 2.24) is 14.7 Å². The molecule has 0 saturated carbocycles. The molecule has 2 aromatic rings. The van der Waals surface area contributed by atoms with Crippen LogP contribution in [0.2, 0.25) is 5.02 Å². The molecule has 0 aliphatic heterocycles. The zero-order chi connectivity index (χ0) is 15.6. The molecule has 4 nitrogen and oxygen atoms in total. The van der Waals surface area contributed by atoms with Crippen molar-refractivity contribution >= 4 is 27.5 Å². The lowest BCUT2D eigenvalue weighted by molar-refractivity contribution is 0.204. The van der Waals surface area contributed by atoms with E-state index < -0.39 is 6.10 Å². The molecular formula is C15H19BrClN3O. The van der Waals surface area contributed by atoms with Crippen molar-refractivity contribution in [3.8, 4) is 0 Å². The molecule has 0 aliphatic carbocycles. The molecule has 0 fully saturated rings. The quantitative estimate of drug-likeness (QED) is 0.876. The summed E-state index contributed by atoms with van der Waals surface area (Å²) in [6.07, 6.45) is 0.987. The van der Waals surface area contributed by atoms with Gasteiger partial charge in [0.15, 0.2) is 0 Å². The molecule has 1 aromatic carbocycles. The monoisotopic (exact) mass is 371 g/mol. The fourth-order valence-corrected chi connectivity index (χ4v) is 2.95. The molecule has 1 unspecified atom stereocenters. The van der Waals surface area contributed by atoms with Gasteiger partial charge in [-0.15, -0.1) is 0 Å². The van der Waals surface area contributed by atoms with Gasteiger partial charge < -0.3 is 10.0 Å². The van der Waals surface area contributed by atoms with Crippen LogP contribution < -0.4 is 0 Å². The van der Waals surface area contributed by atoms with Crippen LogP contribution >= 0.6 is 27.5 Å². The third kappa shape index (κ3) is 3.86. The first-order valence-electron chi connectivity index (χ1n) is 6.70. The number of hydrogen-bond acceptors (Lipinski definition) is 3. The number of benzene rings is 1. The van der Waals surface area contributed by atoms with Crippen molar-refractivity contribution in [2.45, 2.75) is 19.6 Å². The largest absolute Gasteiger partial charge is 0.382 e. The third-order valence-electron chi connectivity index (χ3n) is 3.38. The zero-order valence-electron chi connectivity index (χ0n) is 12.3. The highest BCUT2D eigenvalue weighted by Crippen LogP contribution is 2.31. The van der Waals surface area contributed by atoms with Crippen LogP contribution in [0.15, 0.2) is 28.9 Å². The molecule has 21 heavy (non-hydrogen) atoms. The highest BCUT2D eigenvalue weighted by atomic mass is 79.9. The van der Waals surface area contributed by atoms with E-state index in [9.17, 15) is 5.11 Å². The van der Waals surface area contributed by atoms with Crippen molar-refractivity contribution in [2.24, 2.45) is 0 Å². The van der Waals surface area contributed by atoms with Crippen LogP contribution in [0.5, 0.6) is 0 Å². The van der Waals surface area contributed by atoms with Crippen LogP contribution in [0.3, 0.4) is 0 Å². The Morgan fingerprint density at radius 2 is 2.14 bits per heavy atom. The smallest absolute Gasteiger partial charge is 0.122 e. The lowest BCUT2D eigenvalue weighted by Crippen LogP contribution is -2.21. The van der Waals surface area contributed by atoms with E-state index in [4.69, 9.17) is 11.6 Å². The number of likely N-dealkylation sites (N-methyl/N-ethyl adjacent to an activating group) is 1. The number of nitrogens with zero attached hydrogens (tertiary/aromatic N) is 3. The molecule has 1 N–H and O–H groups in total. The van der Waals surface area contributed by atoms with Gasteiger partial charge >= 0.3 is 0 Å². The first kappa shape index (κ1) is 16.5. The molecule has 0 aliphatic rings. The first-order chi connectivity index (χ1) is 9.90. The minimum Gasteiger partial charge on any atom is -0.382 e. The van der Waals surface area contributed by atoms with Gasteiger partial charge in [-0.05, 0) is 60.2 Å². The standard InChI is InChI=1S/C15H19BrClN3O/c1-10-8-11(17)4-5-12(10)15(21)14-13(16)9-18-20(14)7-6-19(2)3/h4-5,8-9,15,21H,6-7H2,1-3H3. The van der Waals surface area contributed by atoms with Gasteiger partial charge in [0.2, 0.25) is 0 Å². The Bertz CT molecular complexity index is 627. The molecule has 0 amide bonds. The maximum Gasteiger partial charge on any atom is 0.122 e. The predicted molar refractivity (Wildman–Crippen MR) is 88.7 cm³/mol. The van der Waals surface area contributed by atoms with E-state index in [1.54, 1.807) is 12.3 Å². The molecule has 1 aromatic heterocycles. The number of aliphatic hydroxyl groups excluding tert-OH is 1. The van der Waals surface area contributed by atoms with Crippen LogP contribution in [-0.2, 0) is 6.54 Å². The normalized spacial score (nSPS) is 12.9. The van der Waals surface area contributed by atoms with Gasteiger partial charge in [-0.25, -0.2) is 0 Å². The molecular weight excluding hydrogens is 354 g/mol. The molecule has 0 saturated heterocycles. The second kappa shape index (κ2) is 6.92. The molecule has 114 valence electrons. The lowest BCUT2D eigenvalue weighted by atomic mass is 10.0. The van der Waals surface area contributed by atoms with Gasteiger partial charge in [-0.1, -0.05) is 17.7 Å². The summed E-state index contributed by atoms with van der Waals surface area (Å²) in [6.45, 7) is 3.52. The summed E-state index contributed by atoms with van der Waals surface area (Å²) >= 11 is 9.46. The Hall–Kier alpha value is -0.880. The topological polar surface area (TPSA) is 41.3 Å². The third-order valence-corrected chi connectivity index (χ3v) is 4.22. The van der Waals surface area contributed by atoms with Crippen LogP contribution in [0.1, 0.15) is 22.9 Å². The average Bonchev–Trinajstić information content (AvgIpc) is 2.77. The number of aromatic nitrogens is 2. The second-order valence-corrected chi connectivity index (χ2v) is 6.60. The first-order valence-corrected chi connectivity index (χ1v) is 7.87. The lowest BCUT2D eigenvalue weighted by Gasteiger charge is -2.18. The van der Waals surface area contributed by atoms with E-state index in [2.05, 4.69) is 25.9 Å². The van der Waals surface area contributed by atoms with E-state index >= 15 is 0 Å². The number of rotatable bonds is 5. The summed E-state index contributed by atoms with van der Waals surface area (Å²) in [5, 5.41) is 15.7. The van der Waals surface area contributed by atoms with Crippen molar-refractivity contribution in [3.05, 3.63) is 50.7 Å². The molecule has 0 radical (unpaired) electrons. The summed E-state index contributed by atoms with van der Waals surface area (Å²) in [6, 6.07) is 5.51. The second-order valence-electron chi connectivity index (χ2n) is 5.31. The molecule has 1 atom stereocenters. The van der Waals surface area contributed by atoms with Gasteiger partial charge in [0.1, 0.15) is 6.10 Å². The van der Waals surface area contributed by atoms with Gasteiger partial charge in [-0.3, -0.25) is 4.68 Å². The Morgan fingerprint density at radius 1 is 1.43 bits per heavy atom. The Balaban J connectivity index is 2.34. The van der Waals surface area contributed by atoms with E-state index in [0.717, 1.165) is 34.4 Å². The van der Waals surface area contributed by atoms with Gasteiger partial charge in [0.05, 0.1) is 22.9 Å². The van der Waals surface area contributed by atoms with Crippen molar-refractivity contribution in [2.75, 3.05) is 20.6 Å². The maximum atomic E-state index is 10.7. The number of aryl methyl sites for hydroxylation is 1. The Labute approximate surface area is 138 Å². The minimum absolute atomic E-state index is 0.670. The van der Waals surface area contributed by atoms with Crippen molar-refractivity contribution in [3.63, 3.8) is 0 Å². The van der Waals surface area contributed by atoms with Gasteiger partial charge in [0.25, 0.3) is 0 Å². The van der Waals surface area contributed by atoms with Crippen LogP contribution in [0.25, 0.3) is 0 Å². The minimum atomic E-state index is -0.735. The molecule has 2 rings (SSSR count). The Kier molecular flexibility index (Phi) is 5.43. The van der Waals surface area contributed by atoms with Crippen LogP contribution in [-0.4, -0.2) is 40.4 Å². The predicted octanol–water partition coefficient (Wildman–Crippen LogP) is 3.25. The van der Waals surface area contributed by atoms with Crippen molar-refractivity contribution in [1.29, 1.82) is 0 Å². The highest BCUT2D eigenvalue weighted by molar-refractivity contribution is 9.10. The molecule has 0 spiro atoms. The molecule has 0 bridgehead atoms. The summed E-state index contributed by atoms with van der Waals surface area (Å²) in [7, 11) is 4.02. The fourth-order valence-electron chi connectivity index (χ4n) is 2.21. The van der Waals surface area contributed by atoms with E-state index in [1.165, 1.54) is 0 Å². The molecule has 6 heteroatoms. The maximum absolute atomic E-state index is 10.7. The van der Waals surface area contributed by atoms with Crippen LogP contribution in [0, 0.1) is 6.92 Å². The highest BCUT2D eigenvalue weighted by Gasteiger charge is 2.21. The summed E-state index contributed by atoms with van der Waals surface area (Å²) in [5.41, 5.74) is 2.57. The van der Waals surface area contributed by atoms with E-state index in [-0.39, 0.29) is 0 Å². The number of hydrogen-bond donors (Lipinski definition) is 1. The summed E-state index contributed by atoms with van der Waals surface area (Å²) in [5.74, 6) is 0. The van der Waals surface area contributed by atoms with Crippen molar-refractivity contribution < 1.29 is 5.11 Å². The fraction of sp³-hybridized carbons (Fsp3) is 0.400. The SMILES string of the molecule is Cc1cc(Cl)ccc1C(O)c1c(Br)cnn1CCN(C)C. The van der Waals surface area contributed by atoms with Gasteiger partial charge in [-0.2, -0.15) is 5.10 Å². The summed E-state index contributed by atoms with van der Waals surface area (Å²) < 4.78 is 2.64. The molecule has 1 heterocycles. The Morgan fingerprint density at radius 3 is 2.76 bits per heavy atom. The zero-order valence-corrected chi connectivity index (χ0v) is 14.7. The van der Waals surface area contributed by atoms with E-state index in [1.807, 2.05) is 37.8 Å². The summed E-state index contributed by atoms with van der Waals surface area (Å²) in [4.78, 5) is 2.08. The number of aliphatic hydroxyl groups is 1. The van der Waals surface area contributed by atoms with Crippen LogP contribution in [0.4, 0.5) is 0 Å². The van der Waals surface area contributed by atoms with Gasteiger partial charge in [0, 0.05) is 11.6 Å². The van der Waals surface area contributed by atoms with E-state index in [0.29, 0.717) is 5.02 Å².